The van der Waals surface area contributed by atoms with Gasteiger partial charge < -0.3 is 4.42 Å². The van der Waals surface area contributed by atoms with Gasteiger partial charge in [-0.3, -0.25) is 0 Å². The second-order valence-corrected chi connectivity index (χ2v) is 0.793. The van der Waals surface area contributed by atoms with Crippen LogP contribution in [0, 0.1) is 0 Å². The lowest BCUT2D eigenvalue weighted by molar-refractivity contribution is 0.567. The summed E-state index contributed by atoms with van der Waals surface area (Å²) in [5.74, 6) is 0. The molecule has 1 heterocycles. The molecule has 1 aromatic rings. The standard InChI is InChI=1S/C4H4O.B/c1-2-4-5-3-1;/h1-4H;. The Hall–Kier alpha value is -0.655. The molecular weight excluding hydrogens is 74.9 g/mol. The fourth-order valence-electron chi connectivity index (χ4n) is 0.227. The second kappa shape index (κ2) is 2.58. The van der Waals surface area contributed by atoms with Gasteiger partial charge in [-0.2, -0.15) is 0 Å². The Morgan fingerprint density at radius 1 is 1.00 bits per heavy atom. The number of hydrogen-bond donors (Lipinski definition) is 0. The minimum absolute atomic E-state index is 0. The van der Waals surface area contributed by atoms with E-state index in [0.717, 1.165) is 0 Å². The normalized spacial score (nSPS) is 6.67. The third kappa shape index (κ3) is 0.974. The summed E-state index contributed by atoms with van der Waals surface area (Å²) >= 11 is 0. The first-order chi connectivity index (χ1) is 2.50. The molecule has 0 aliphatic rings. The van der Waals surface area contributed by atoms with E-state index < -0.39 is 0 Å². The van der Waals surface area contributed by atoms with Gasteiger partial charge in [0.1, 0.15) is 0 Å². The lowest BCUT2D eigenvalue weighted by Gasteiger charge is -1.50. The zero-order valence-corrected chi connectivity index (χ0v) is 3.29. The van der Waals surface area contributed by atoms with Crippen LogP contribution in [0.5, 0.6) is 0 Å². The minimum atomic E-state index is 0. The molecule has 1 aromatic heterocycles. The van der Waals surface area contributed by atoms with Crippen LogP contribution in [0.2, 0.25) is 0 Å². The van der Waals surface area contributed by atoms with Crippen LogP contribution in [0.25, 0.3) is 0 Å². The molecular formula is C4H4BO. The highest BCUT2D eigenvalue weighted by atomic mass is 16.3. The van der Waals surface area contributed by atoms with Crippen molar-refractivity contribution in [3.05, 3.63) is 24.7 Å². The summed E-state index contributed by atoms with van der Waals surface area (Å²) in [7, 11) is 0. The van der Waals surface area contributed by atoms with Crippen LogP contribution in [0.15, 0.2) is 29.1 Å². The Morgan fingerprint density at radius 3 is 1.67 bits per heavy atom. The van der Waals surface area contributed by atoms with Gasteiger partial charge in [-0.05, 0) is 12.1 Å². The van der Waals surface area contributed by atoms with Gasteiger partial charge in [0.05, 0.1) is 12.5 Å². The number of hydrogen-bond acceptors (Lipinski definition) is 1. The highest BCUT2D eigenvalue weighted by Crippen LogP contribution is 1.79. The van der Waals surface area contributed by atoms with Gasteiger partial charge in [0.15, 0.2) is 0 Å². The average Bonchev–Trinajstić information content (AvgIpc) is 1.76. The first-order valence-electron chi connectivity index (χ1n) is 1.47. The molecule has 0 saturated carbocycles. The highest BCUT2D eigenvalue weighted by Gasteiger charge is 1.58. The van der Waals surface area contributed by atoms with E-state index >= 15 is 0 Å². The topological polar surface area (TPSA) is 13.1 Å². The molecule has 0 bridgehead atoms. The van der Waals surface area contributed by atoms with E-state index in [4.69, 9.17) is 0 Å². The molecule has 1 rings (SSSR count). The predicted octanol–water partition coefficient (Wildman–Crippen LogP) is 0.899. The smallest absolute Gasteiger partial charge is 0.0902 e. The van der Waals surface area contributed by atoms with Crippen molar-refractivity contribution in [2.45, 2.75) is 0 Å². The molecule has 0 aromatic carbocycles. The summed E-state index contributed by atoms with van der Waals surface area (Å²) in [6, 6.07) is 3.67. The van der Waals surface area contributed by atoms with Crippen LogP contribution in [-0.4, -0.2) is 8.41 Å². The summed E-state index contributed by atoms with van der Waals surface area (Å²) < 4.78 is 4.58. The molecule has 6 heavy (non-hydrogen) atoms. The minimum Gasteiger partial charge on any atom is -0.473 e. The van der Waals surface area contributed by atoms with Gasteiger partial charge in [-0.25, -0.2) is 0 Å². The van der Waals surface area contributed by atoms with E-state index in [1.54, 1.807) is 12.5 Å². The number of rotatable bonds is 0. The molecule has 0 aliphatic heterocycles. The Labute approximate surface area is 38.5 Å². The Kier molecular flexibility index (Phi) is 2.29. The third-order valence-corrected chi connectivity index (χ3v) is 0.425. The van der Waals surface area contributed by atoms with Crippen molar-refractivity contribution >= 4 is 8.41 Å². The Morgan fingerprint density at radius 2 is 1.50 bits per heavy atom. The van der Waals surface area contributed by atoms with E-state index in [-0.39, 0.29) is 8.41 Å². The Balaban J connectivity index is 0.000000250. The molecule has 0 atom stereocenters. The van der Waals surface area contributed by atoms with E-state index in [1.807, 2.05) is 12.1 Å². The largest absolute Gasteiger partial charge is 0.473 e. The molecule has 3 radical (unpaired) electrons. The van der Waals surface area contributed by atoms with Crippen molar-refractivity contribution in [1.82, 2.24) is 0 Å². The highest BCUT2D eigenvalue weighted by molar-refractivity contribution is 5.75. The first kappa shape index (κ1) is 5.34. The summed E-state index contributed by atoms with van der Waals surface area (Å²) in [6.45, 7) is 0. The molecule has 0 N–H and O–H groups in total. The monoisotopic (exact) mass is 79.0 g/mol. The van der Waals surface area contributed by atoms with Crippen LogP contribution in [0.3, 0.4) is 0 Å². The van der Waals surface area contributed by atoms with Gasteiger partial charge in [-0.15, -0.1) is 0 Å². The average molecular weight is 78.9 g/mol. The molecule has 0 amide bonds. The maximum Gasteiger partial charge on any atom is 0.0902 e. The van der Waals surface area contributed by atoms with Gasteiger partial charge in [0, 0.05) is 8.41 Å². The van der Waals surface area contributed by atoms with Crippen LogP contribution in [0.4, 0.5) is 0 Å². The quantitative estimate of drug-likeness (QED) is 0.421. The molecule has 29 valence electrons. The zero-order valence-electron chi connectivity index (χ0n) is 3.29. The molecule has 0 aliphatic carbocycles. The van der Waals surface area contributed by atoms with E-state index in [9.17, 15) is 0 Å². The molecule has 0 spiro atoms. The van der Waals surface area contributed by atoms with E-state index in [1.165, 1.54) is 0 Å². The molecule has 0 fully saturated rings. The van der Waals surface area contributed by atoms with Gasteiger partial charge >= 0.3 is 0 Å². The van der Waals surface area contributed by atoms with Crippen molar-refractivity contribution in [3.63, 3.8) is 0 Å². The fourth-order valence-corrected chi connectivity index (χ4v) is 0.227. The molecule has 0 unspecified atom stereocenters. The first-order valence-corrected chi connectivity index (χ1v) is 1.47. The Bertz CT molecular complexity index is 64.0. The lowest BCUT2D eigenvalue weighted by Crippen LogP contribution is -1.16. The van der Waals surface area contributed by atoms with Crippen molar-refractivity contribution < 1.29 is 4.42 Å². The SMILES string of the molecule is [B].c1ccoc1. The van der Waals surface area contributed by atoms with Crippen molar-refractivity contribution in [2.24, 2.45) is 0 Å². The summed E-state index contributed by atoms with van der Waals surface area (Å²) in [5.41, 5.74) is 0. The molecule has 1 nitrogen and oxygen atoms in total. The van der Waals surface area contributed by atoms with Crippen LogP contribution >= 0.6 is 0 Å². The number of furan rings is 1. The van der Waals surface area contributed by atoms with E-state index in [2.05, 4.69) is 4.42 Å². The summed E-state index contributed by atoms with van der Waals surface area (Å²) in [4.78, 5) is 0. The van der Waals surface area contributed by atoms with Crippen LogP contribution < -0.4 is 0 Å². The maximum absolute atomic E-state index is 4.58. The van der Waals surface area contributed by atoms with Gasteiger partial charge in [-0.1, -0.05) is 0 Å². The third-order valence-electron chi connectivity index (χ3n) is 0.425. The summed E-state index contributed by atoms with van der Waals surface area (Å²) in [5, 5.41) is 0. The van der Waals surface area contributed by atoms with Gasteiger partial charge in [0.2, 0.25) is 0 Å². The maximum atomic E-state index is 4.58. The fraction of sp³-hybridized carbons (Fsp3) is 0. The van der Waals surface area contributed by atoms with Crippen molar-refractivity contribution in [3.8, 4) is 0 Å². The lowest BCUT2D eigenvalue weighted by atomic mass is 10.7. The van der Waals surface area contributed by atoms with Gasteiger partial charge in [0.25, 0.3) is 0 Å². The zero-order chi connectivity index (χ0) is 3.54. The van der Waals surface area contributed by atoms with Crippen LogP contribution in [0.1, 0.15) is 0 Å². The van der Waals surface area contributed by atoms with Crippen LogP contribution in [-0.2, 0) is 0 Å². The van der Waals surface area contributed by atoms with Crippen molar-refractivity contribution in [1.29, 1.82) is 0 Å². The molecule has 0 saturated heterocycles. The molecule has 2 heteroatoms. The van der Waals surface area contributed by atoms with E-state index in [0.29, 0.717) is 0 Å². The predicted molar refractivity (Wildman–Crippen MR) is 24.5 cm³/mol. The second-order valence-electron chi connectivity index (χ2n) is 0.793. The summed E-state index contributed by atoms with van der Waals surface area (Å²) in [6.07, 6.45) is 3.25. The van der Waals surface area contributed by atoms with Crippen molar-refractivity contribution in [2.75, 3.05) is 0 Å².